The molecule has 0 saturated heterocycles. The number of hydrogen-bond acceptors (Lipinski definition) is 2. The Kier molecular flexibility index (Phi) is 3.83. The molecular formula is C17H17BrN2O. The van der Waals surface area contributed by atoms with Gasteiger partial charge in [0.05, 0.1) is 12.5 Å². The van der Waals surface area contributed by atoms with Gasteiger partial charge in [-0.3, -0.25) is 4.79 Å². The molecule has 1 heterocycles. The molecule has 108 valence electrons. The lowest BCUT2D eigenvalue weighted by Gasteiger charge is -2.19. The van der Waals surface area contributed by atoms with E-state index >= 15 is 0 Å². The topological polar surface area (TPSA) is 32.3 Å². The second-order valence-electron chi connectivity index (χ2n) is 5.29. The maximum Gasteiger partial charge on any atom is 0.231 e. The number of fused-ring (bicyclic) bond motifs is 1. The van der Waals surface area contributed by atoms with Gasteiger partial charge in [0.1, 0.15) is 0 Å². The Morgan fingerprint density at radius 2 is 1.81 bits per heavy atom. The molecule has 0 bridgehead atoms. The van der Waals surface area contributed by atoms with Crippen LogP contribution in [0.15, 0.2) is 46.9 Å². The Balaban J connectivity index is 1.97. The highest BCUT2D eigenvalue weighted by atomic mass is 79.9. The van der Waals surface area contributed by atoms with E-state index in [1.807, 2.05) is 32.3 Å². The van der Waals surface area contributed by atoms with Crippen molar-refractivity contribution in [3.05, 3.63) is 63.6 Å². The molecule has 1 unspecified atom stereocenters. The SMILES string of the molecule is CNC(c1ccc(Br)cc1)c1ccc2c(c1)CC(=O)N2C. The largest absolute Gasteiger partial charge is 0.315 e. The summed E-state index contributed by atoms with van der Waals surface area (Å²) >= 11 is 3.46. The van der Waals surface area contributed by atoms with Crippen molar-refractivity contribution < 1.29 is 4.79 Å². The molecule has 0 saturated carbocycles. The fraction of sp³-hybridized carbons (Fsp3) is 0.235. The van der Waals surface area contributed by atoms with Gasteiger partial charge in [0.2, 0.25) is 5.91 Å². The number of hydrogen-bond donors (Lipinski definition) is 1. The molecule has 1 amide bonds. The first-order valence-electron chi connectivity index (χ1n) is 6.92. The van der Waals surface area contributed by atoms with E-state index in [1.165, 1.54) is 11.1 Å². The van der Waals surface area contributed by atoms with Crippen molar-refractivity contribution in [2.75, 3.05) is 19.0 Å². The Hall–Kier alpha value is -1.65. The standard InChI is InChI=1S/C17H17BrN2O/c1-19-17(11-3-6-14(18)7-4-11)12-5-8-15-13(9-12)10-16(21)20(15)2/h3-9,17,19H,10H2,1-2H3. The monoisotopic (exact) mass is 344 g/mol. The normalized spacial score (nSPS) is 15.2. The summed E-state index contributed by atoms with van der Waals surface area (Å²) in [5.41, 5.74) is 4.52. The molecule has 3 nitrogen and oxygen atoms in total. The zero-order valence-electron chi connectivity index (χ0n) is 12.1. The van der Waals surface area contributed by atoms with E-state index < -0.39 is 0 Å². The molecule has 1 N–H and O–H groups in total. The van der Waals surface area contributed by atoms with Crippen molar-refractivity contribution in [3.63, 3.8) is 0 Å². The van der Waals surface area contributed by atoms with Crippen LogP contribution in [0, 0.1) is 0 Å². The van der Waals surface area contributed by atoms with Crippen molar-refractivity contribution in [2.24, 2.45) is 0 Å². The molecule has 1 aliphatic rings. The van der Waals surface area contributed by atoms with Crippen LogP contribution >= 0.6 is 15.9 Å². The average Bonchev–Trinajstić information content (AvgIpc) is 2.77. The highest BCUT2D eigenvalue weighted by molar-refractivity contribution is 9.10. The number of likely N-dealkylation sites (N-methyl/N-ethyl adjacent to an activating group) is 1. The van der Waals surface area contributed by atoms with E-state index in [1.54, 1.807) is 4.90 Å². The van der Waals surface area contributed by atoms with Crippen molar-refractivity contribution in [1.82, 2.24) is 5.32 Å². The predicted octanol–water partition coefficient (Wildman–Crippen LogP) is 3.28. The van der Waals surface area contributed by atoms with Crippen LogP contribution < -0.4 is 10.2 Å². The average molecular weight is 345 g/mol. The molecule has 0 radical (unpaired) electrons. The smallest absolute Gasteiger partial charge is 0.231 e. The van der Waals surface area contributed by atoms with Crippen molar-refractivity contribution in [1.29, 1.82) is 0 Å². The molecular weight excluding hydrogens is 328 g/mol. The van der Waals surface area contributed by atoms with Gasteiger partial charge in [-0.25, -0.2) is 0 Å². The molecule has 2 aromatic carbocycles. The van der Waals surface area contributed by atoms with Crippen LogP contribution in [-0.2, 0) is 11.2 Å². The maximum atomic E-state index is 11.8. The van der Waals surface area contributed by atoms with E-state index in [9.17, 15) is 4.79 Å². The first-order valence-corrected chi connectivity index (χ1v) is 7.71. The van der Waals surface area contributed by atoms with E-state index in [-0.39, 0.29) is 11.9 Å². The van der Waals surface area contributed by atoms with Crippen molar-refractivity contribution in [3.8, 4) is 0 Å². The summed E-state index contributed by atoms with van der Waals surface area (Å²) in [6, 6.07) is 14.7. The third kappa shape index (κ3) is 2.61. The first-order chi connectivity index (χ1) is 10.1. The van der Waals surface area contributed by atoms with Gasteiger partial charge in [-0.15, -0.1) is 0 Å². The van der Waals surface area contributed by atoms with Gasteiger partial charge in [-0.2, -0.15) is 0 Å². The third-order valence-electron chi connectivity index (χ3n) is 4.01. The molecule has 1 aliphatic heterocycles. The van der Waals surface area contributed by atoms with Gasteiger partial charge in [0.25, 0.3) is 0 Å². The molecule has 2 aromatic rings. The van der Waals surface area contributed by atoms with Gasteiger partial charge >= 0.3 is 0 Å². The van der Waals surface area contributed by atoms with Crippen molar-refractivity contribution in [2.45, 2.75) is 12.5 Å². The van der Waals surface area contributed by atoms with E-state index in [4.69, 9.17) is 0 Å². The summed E-state index contributed by atoms with van der Waals surface area (Å²) in [6.07, 6.45) is 0.496. The molecule has 0 fully saturated rings. The zero-order chi connectivity index (χ0) is 15.0. The summed E-state index contributed by atoms with van der Waals surface area (Å²) in [6.45, 7) is 0. The van der Waals surface area contributed by atoms with Crippen LogP contribution in [0.25, 0.3) is 0 Å². The lowest BCUT2D eigenvalue weighted by Crippen LogP contribution is -2.20. The summed E-state index contributed by atoms with van der Waals surface area (Å²) in [7, 11) is 3.79. The minimum atomic E-state index is 0.129. The molecule has 4 heteroatoms. The quantitative estimate of drug-likeness (QED) is 0.926. The Bertz CT molecular complexity index is 682. The van der Waals surface area contributed by atoms with Gasteiger partial charge in [-0.1, -0.05) is 40.2 Å². The minimum absolute atomic E-state index is 0.129. The molecule has 0 aromatic heterocycles. The number of nitrogens with zero attached hydrogens (tertiary/aromatic N) is 1. The summed E-state index contributed by atoms with van der Waals surface area (Å²) < 4.78 is 1.07. The Morgan fingerprint density at radius 3 is 2.48 bits per heavy atom. The second kappa shape index (κ2) is 5.62. The van der Waals surface area contributed by atoms with Gasteiger partial charge in [0, 0.05) is 17.2 Å². The zero-order valence-corrected chi connectivity index (χ0v) is 13.6. The van der Waals surface area contributed by atoms with E-state index in [0.717, 1.165) is 15.7 Å². The maximum absolute atomic E-state index is 11.8. The second-order valence-corrected chi connectivity index (χ2v) is 6.21. The van der Waals surface area contributed by atoms with Crippen LogP contribution in [0.2, 0.25) is 0 Å². The highest BCUT2D eigenvalue weighted by Crippen LogP contribution is 2.32. The van der Waals surface area contributed by atoms with Gasteiger partial charge in [-0.05, 0) is 41.9 Å². The summed E-state index contributed by atoms with van der Waals surface area (Å²) in [4.78, 5) is 13.5. The third-order valence-corrected chi connectivity index (χ3v) is 4.53. The molecule has 1 atom stereocenters. The Labute approximate surface area is 133 Å². The van der Waals surface area contributed by atoms with Crippen LogP contribution in [0.3, 0.4) is 0 Å². The fourth-order valence-corrected chi connectivity index (χ4v) is 3.11. The van der Waals surface area contributed by atoms with Crippen LogP contribution in [-0.4, -0.2) is 20.0 Å². The molecule has 21 heavy (non-hydrogen) atoms. The van der Waals surface area contributed by atoms with E-state index in [2.05, 4.69) is 45.5 Å². The number of amides is 1. The fourth-order valence-electron chi connectivity index (χ4n) is 2.85. The molecule has 0 spiro atoms. The van der Waals surface area contributed by atoms with Crippen LogP contribution in [0.4, 0.5) is 5.69 Å². The highest BCUT2D eigenvalue weighted by Gasteiger charge is 2.25. The number of halogens is 1. The number of anilines is 1. The van der Waals surface area contributed by atoms with Crippen molar-refractivity contribution >= 4 is 27.5 Å². The van der Waals surface area contributed by atoms with Crippen LogP contribution in [0.1, 0.15) is 22.7 Å². The minimum Gasteiger partial charge on any atom is -0.315 e. The predicted molar refractivity (Wildman–Crippen MR) is 88.6 cm³/mol. The lowest BCUT2D eigenvalue weighted by atomic mass is 9.96. The number of carbonyl (C=O) groups is 1. The number of carbonyl (C=O) groups excluding carboxylic acids is 1. The van der Waals surface area contributed by atoms with Gasteiger partial charge in [0.15, 0.2) is 0 Å². The first kappa shape index (κ1) is 14.3. The summed E-state index contributed by atoms with van der Waals surface area (Å²) in [5.74, 6) is 0.159. The number of benzene rings is 2. The number of rotatable bonds is 3. The van der Waals surface area contributed by atoms with Crippen LogP contribution in [0.5, 0.6) is 0 Å². The van der Waals surface area contributed by atoms with Gasteiger partial charge < -0.3 is 10.2 Å². The molecule has 0 aliphatic carbocycles. The number of nitrogens with one attached hydrogen (secondary N) is 1. The molecule has 3 rings (SSSR count). The summed E-state index contributed by atoms with van der Waals surface area (Å²) in [5, 5.41) is 3.35. The lowest BCUT2D eigenvalue weighted by molar-refractivity contribution is -0.117. The Morgan fingerprint density at radius 1 is 1.14 bits per heavy atom. The van der Waals surface area contributed by atoms with E-state index in [0.29, 0.717) is 6.42 Å².